The van der Waals surface area contributed by atoms with E-state index in [1.165, 1.54) is 19.3 Å². The predicted molar refractivity (Wildman–Crippen MR) is 115 cm³/mol. The molecule has 0 radical (unpaired) electrons. The van der Waals surface area contributed by atoms with Crippen molar-refractivity contribution >= 4 is 0 Å². The molecule has 0 nitrogen and oxygen atoms in total. The van der Waals surface area contributed by atoms with Crippen LogP contribution < -0.4 is 0 Å². The summed E-state index contributed by atoms with van der Waals surface area (Å²) in [6.45, 7) is 20.9. The van der Waals surface area contributed by atoms with Crippen molar-refractivity contribution in [2.45, 2.75) is 114 Å². The number of rotatable bonds is 1. The van der Waals surface area contributed by atoms with Crippen LogP contribution in [0.5, 0.6) is 0 Å². The Morgan fingerprint density at radius 2 is 1.40 bits per heavy atom. The van der Waals surface area contributed by atoms with Gasteiger partial charge in [0.15, 0.2) is 0 Å². The van der Waals surface area contributed by atoms with Crippen molar-refractivity contribution in [3.8, 4) is 0 Å². The molecule has 25 heavy (non-hydrogen) atoms. The van der Waals surface area contributed by atoms with Crippen LogP contribution in [-0.4, -0.2) is 0 Å². The zero-order chi connectivity index (χ0) is 19.2. The fourth-order valence-corrected chi connectivity index (χ4v) is 6.41. The molecule has 0 bridgehead atoms. The fraction of sp³-hybridized carbons (Fsp3) is 1.00. The normalized spacial score (nSPS) is 43.0. The Morgan fingerprint density at radius 1 is 0.840 bits per heavy atom. The van der Waals surface area contributed by atoms with Crippen LogP contribution >= 0.6 is 0 Å². The van der Waals surface area contributed by atoms with E-state index in [4.69, 9.17) is 0 Å². The van der Waals surface area contributed by atoms with Crippen LogP contribution in [0.25, 0.3) is 0 Å². The van der Waals surface area contributed by atoms with Gasteiger partial charge in [0.1, 0.15) is 0 Å². The fourth-order valence-electron chi connectivity index (χ4n) is 6.41. The van der Waals surface area contributed by atoms with Crippen LogP contribution in [0.4, 0.5) is 0 Å². The van der Waals surface area contributed by atoms with E-state index in [-0.39, 0.29) is 0 Å². The molecule has 0 heteroatoms. The third-order valence-electron chi connectivity index (χ3n) is 8.29. The zero-order valence-electron chi connectivity index (χ0n) is 19.2. The van der Waals surface area contributed by atoms with Gasteiger partial charge in [-0.3, -0.25) is 0 Å². The second-order valence-electron chi connectivity index (χ2n) is 9.94. The van der Waals surface area contributed by atoms with Gasteiger partial charge in [-0.05, 0) is 85.4 Å². The highest BCUT2D eigenvalue weighted by Crippen LogP contribution is 2.59. The summed E-state index contributed by atoms with van der Waals surface area (Å²) in [4.78, 5) is 0. The average Bonchev–Trinajstić information content (AvgIpc) is 2.60. The third-order valence-corrected chi connectivity index (χ3v) is 8.29. The third kappa shape index (κ3) is 5.04. The van der Waals surface area contributed by atoms with Gasteiger partial charge < -0.3 is 0 Å². The van der Waals surface area contributed by atoms with Gasteiger partial charge in [-0.15, -0.1) is 0 Å². The van der Waals surface area contributed by atoms with Crippen molar-refractivity contribution in [3.63, 3.8) is 0 Å². The highest BCUT2D eigenvalue weighted by Gasteiger charge is 2.51. The Hall–Kier alpha value is 0. The standard InChI is InChI=1S/C20H36.C3H8.C2H6/c1-13(2)20(5)11-10-19-17(15(20)4)9-7-16-12-14(3)6-8-18(16)19;1-3-2;1-2/h13-19H,6-12H2,1-5H3;3H2,1-2H3;1-2H3. The van der Waals surface area contributed by atoms with Crippen LogP contribution in [-0.2, 0) is 0 Å². The molecule has 0 N–H and O–H groups in total. The summed E-state index contributed by atoms with van der Waals surface area (Å²) in [7, 11) is 0. The van der Waals surface area contributed by atoms with Gasteiger partial charge in [-0.25, -0.2) is 0 Å². The first-order valence-electron chi connectivity index (χ1n) is 11.8. The molecule has 150 valence electrons. The lowest BCUT2D eigenvalue weighted by Gasteiger charge is -2.57. The smallest absolute Gasteiger partial charge is 0.0274 e. The van der Waals surface area contributed by atoms with Gasteiger partial charge in [0.05, 0.1) is 0 Å². The topological polar surface area (TPSA) is 0 Å². The molecule has 0 aliphatic heterocycles. The molecule has 0 aromatic carbocycles. The summed E-state index contributed by atoms with van der Waals surface area (Å²) in [5, 5.41) is 0. The first kappa shape index (κ1) is 23.0. The molecular formula is C25H50. The van der Waals surface area contributed by atoms with E-state index in [1.54, 1.807) is 32.1 Å². The largest absolute Gasteiger partial charge is 0.0683 e. The minimum Gasteiger partial charge on any atom is -0.0683 e. The number of hydrogen-bond acceptors (Lipinski definition) is 0. The summed E-state index contributed by atoms with van der Waals surface area (Å²) in [6, 6.07) is 0. The van der Waals surface area contributed by atoms with E-state index < -0.39 is 0 Å². The molecule has 0 spiro atoms. The molecule has 7 atom stereocenters. The second kappa shape index (κ2) is 10.4. The van der Waals surface area contributed by atoms with E-state index in [0.717, 1.165) is 41.4 Å². The van der Waals surface area contributed by atoms with Crippen molar-refractivity contribution in [1.82, 2.24) is 0 Å². The molecule has 0 amide bonds. The second-order valence-corrected chi connectivity index (χ2v) is 9.94. The summed E-state index contributed by atoms with van der Waals surface area (Å²) >= 11 is 0. The molecule has 3 saturated carbocycles. The lowest BCUT2D eigenvalue weighted by molar-refractivity contribution is -0.0778. The number of fused-ring (bicyclic) bond motifs is 3. The summed E-state index contributed by atoms with van der Waals surface area (Å²) < 4.78 is 0. The van der Waals surface area contributed by atoms with Gasteiger partial charge in [0.2, 0.25) is 0 Å². The van der Waals surface area contributed by atoms with Crippen LogP contribution in [0, 0.1) is 46.8 Å². The van der Waals surface area contributed by atoms with Gasteiger partial charge >= 0.3 is 0 Å². The Kier molecular flexibility index (Phi) is 9.55. The molecule has 0 aromatic rings. The van der Waals surface area contributed by atoms with E-state index in [9.17, 15) is 0 Å². The highest BCUT2D eigenvalue weighted by atomic mass is 14.6. The van der Waals surface area contributed by atoms with Crippen molar-refractivity contribution in [2.75, 3.05) is 0 Å². The van der Waals surface area contributed by atoms with Crippen LogP contribution in [0.3, 0.4) is 0 Å². The highest BCUT2D eigenvalue weighted by molar-refractivity contribution is 5.00. The van der Waals surface area contributed by atoms with E-state index in [2.05, 4.69) is 48.5 Å². The van der Waals surface area contributed by atoms with Crippen molar-refractivity contribution < 1.29 is 0 Å². The first-order valence-corrected chi connectivity index (χ1v) is 11.8. The Balaban J connectivity index is 0.000000567. The van der Waals surface area contributed by atoms with Gasteiger partial charge in [0.25, 0.3) is 0 Å². The molecular weight excluding hydrogens is 300 g/mol. The monoisotopic (exact) mass is 350 g/mol. The SMILES string of the molecule is CC.CC1CCC2C(CCC3C2CCC(C)(C(C)C)C3C)C1.CCC. The molecule has 3 rings (SSSR count). The molecule has 3 aliphatic carbocycles. The van der Waals surface area contributed by atoms with E-state index in [0.29, 0.717) is 5.41 Å². The Morgan fingerprint density at radius 3 is 1.96 bits per heavy atom. The molecule has 0 saturated heterocycles. The zero-order valence-corrected chi connectivity index (χ0v) is 19.2. The maximum atomic E-state index is 2.60. The molecule has 0 heterocycles. The predicted octanol–water partition coefficient (Wildman–Crippen LogP) is 8.60. The Bertz CT molecular complexity index is 357. The summed E-state index contributed by atoms with van der Waals surface area (Å²) in [5.74, 6) is 7.13. The minimum atomic E-state index is 0.607. The van der Waals surface area contributed by atoms with Crippen molar-refractivity contribution in [1.29, 1.82) is 0 Å². The summed E-state index contributed by atoms with van der Waals surface area (Å²) in [6.07, 6.45) is 12.0. The van der Waals surface area contributed by atoms with E-state index in [1.807, 2.05) is 13.8 Å². The Labute approximate surface area is 160 Å². The average molecular weight is 351 g/mol. The van der Waals surface area contributed by atoms with Crippen LogP contribution in [0.15, 0.2) is 0 Å². The van der Waals surface area contributed by atoms with Gasteiger partial charge in [-0.2, -0.15) is 0 Å². The lowest BCUT2D eigenvalue weighted by Crippen LogP contribution is -2.49. The van der Waals surface area contributed by atoms with Gasteiger partial charge in [-0.1, -0.05) is 75.2 Å². The quantitative estimate of drug-likeness (QED) is 0.444. The van der Waals surface area contributed by atoms with Crippen LogP contribution in [0.2, 0.25) is 0 Å². The number of hydrogen-bond donors (Lipinski definition) is 0. The molecule has 3 fully saturated rings. The summed E-state index contributed by atoms with van der Waals surface area (Å²) in [5.41, 5.74) is 0.607. The minimum absolute atomic E-state index is 0.607. The maximum Gasteiger partial charge on any atom is -0.0274 e. The molecule has 0 aromatic heterocycles. The lowest BCUT2D eigenvalue weighted by atomic mass is 9.48. The van der Waals surface area contributed by atoms with Crippen molar-refractivity contribution in [3.05, 3.63) is 0 Å². The van der Waals surface area contributed by atoms with E-state index >= 15 is 0 Å². The van der Waals surface area contributed by atoms with Gasteiger partial charge in [0, 0.05) is 0 Å². The first-order chi connectivity index (χ1) is 11.8. The van der Waals surface area contributed by atoms with Crippen molar-refractivity contribution in [2.24, 2.45) is 46.8 Å². The van der Waals surface area contributed by atoms with Crippen LogP contribution in [0.1, 0.15) is 114 Å². The molecule has 3 aliphatic rings. The maximum absolute atomic E-state index is 2.60. The molecule has 7 unspecified atom stereocenters.